The third kappa shape index (κ3) is 5.97. The lowest BCUT2D eigenvalue weighted by molar-refractivity contribution is -0.166. The van der Waals surface area contributed by atoms with Crippen molar-refractivity contribution in [3.63, 3.8) is 0 Å². The third-order valence-corrected chi connectivity index (χ3v) is 7.35. The molecular weight excluding hydrogens is 448 g/mol. The number of hydrogen-bond acceptors (Lipinski definition) is 7. The van der Waals surface area contributed by atoms with Crippen LogP contribution >= 0.6 is 0 Å². The van der Waals surface area contributed by atoms with Crippen LogP contribution in [0, 0.1) is 5.92 Å². The van der Waals surface area contributed by atoms with E-state index in [1.165, 1.54) is 11.6 Å². The van der Waals surface area contributed by atoms with E-state index in [0.29, 0.717) is 26.2 Å². The molecule has 7 heteroatoms. The van der Waals surface area contributed by atoms with Crippen LogP contribution in [0.5, 0.6) is 5.75 Å². The summed E-state index contributed by atoms with van der Waals surface area (Å²) in [6.07, 6.45) is 7.31. The second kappa shape index (κ2) is 10.8. The maximum atomic E-state index is 12.7. The predicted octanol–water partition coefficient (Wildman–Crippen LogP) is 4.34. The number of carbonyl (C=O) groups excluding carboxylic acids is 1. The molecule has 192 valence electrons. The number of allylic oxidation sites excluding steroid dienone is 1. The fourth-order valence-electron chi connectivity index (χ4n) is 5.34. The zero-order valence-electron chi connectivity index (χ0n) is 21.5. The van der Waals surface area contributed by atoms with E-state index in [2.05, 4.69) is 26.8 Å². The van der Waals surface area contributed by atoms with E-state index in [4.69, 9.17) is 28.4 Å². The molecule has 0 N–H and O–H groups in total. The van der Waals surface area contributed by atoms with Crippen LogP contribution in [-0.4, -0.2) is 69.5 Å². The fourth-order valence-corrected chi connectivity index (χ4v) is 5.34. The molecule has 1 spiro atoms. The number of epoxide rings is 2. The Kier molecular flexibility index (Phi) is 8.01. The molecule has 1 aromatic rings. The molecule has 35 heavy (non-hydrogen) atoms. The Hall–Kier alpha value is -2.19. The minimum Gasteiger partial charge on any atom is -0.491 e. The molecule has 3 aliphatic rings. The van der Waals surface area contributed by atoms with E-state index >= 15 is 0 Å². The lowest BCUT2D eigenvalue weighted by atomic mass is 9.68. The molecule has 1 saturated carbocycles. The first-order chi connectivity index (χ1) is 16.8. The smallest absolute Gasteiger partial charge is 0.331 e. The van der Waals surface area contributed by atoms with Crippen LogP contribution in [0.2, 0.25) is 0 Å². The molecule has 1 aliphatic carbocycles. The molecule has 0 radical (unpaired) electrons. The maximum Gasteiger partial charge on any atom is 0.331 e. The van der Waals surface area contributed by atoms with Crippen molar-refractivity contribution in [1.82, 2.24) is 0 Å². The summed E-state index contributed by atoms with van der Waals surface area (Å²) in [5, 5.41) is 0. The first-order valence-corrected chi connectivity index (χ1v) is 12.4. The summed E-state index contributed by atoms with van der Waals surface area (Å²) < 4.78 is 34.6. The van der Waals surface area contributed by atoms with E-state index in [1.54, 1.807) is 20.3 Å². The van der Waals surface area contributed by atoms with Gasteiger partial charge in [0.15, 0.2) is 0 Å². The summed E-state index contributed by atoms with van der Waals surface area (Å²) in [6, 6.07) is 7.52. The summed E-state index contributed by atoms with van der Waals surface area (Å²) in [6.45, 7) is 8.07. The van der Waals surface area contributed by atoms with Gasteiger partial charge >= 0.3 is 5.97 Å². The number of esters is 1. The van der Waals surface area contributed by atoms with Gasteiger partial charge in [0.2, 0.25) is 0 Å². The highest BCUT2D eigenvalue weighted by atomic mass is 16.6. The topological polar surface area (TPSA) is 79.1 Å². The van der Waals surface area contributed by atoms with Crippen molar-refractivity contribution in [2.45, 2.75) is 69.5 Å². The van der Waals surface area contributed by atoms with Gasteiger partial charge in [-0.1, -0.05) is 23.8 Å². The number of hydrogen-bond donors (Lipinski definition) is 0. The SMILES string of the molecule is COCCOc1ccc(/C=C/C(=O)O[C@@H]2CC[C@]3(CO3)C([C@]3(C)O[C@H]3CC=C(C)C)[C@@H]2OC)cc1. The van der Waals surface area contributed by atoms with E-state index < -0.39 is 0 Å². The number of methoxy groups -OCH3 is 2. The Bertz CT molecular complexity index is 929. The van der Waals surface area contributed by atoms with Crippen LogP contribution < -0.4 is 4.74 Å². The lowest BCUT2D eigenvalue weighted by Gasteiger charge is -2.42. The normalized spacial score (nSPS) is 33.5. The van der Waals surface area contributed by atoms with Crippen molar-refractivity contribution in [3.05, 3.63) is 47.6 Å². The monoisotopic (exact) mass is 486 g/mol. The number of benzene rings is 1. The number of rotatable bonds is 11. The van der Waals surface area contributed by atoms with Crippen LogP contribution in [0.4, 0.5) is 0 Å². The van der Waals surface area contributed by atoms with Crippen molar-refractivity contribution in [3.8, 4) is 5.75 Å². The molecule has 1 aromatic carbocycles. The predicted molar refractivity (Wildman–Crippen MR) is 132 cm³/mol. The lowest BCUT2D eigenvalue weighted by Crippen LogP contribution is -2.55. The standard InChI is InChI=1S/C28H38O7/c1-19(2)6-12-23-27(3,35-23)26-25(31-5)22(14-15-28(26)18-33-28)34-24(29)13-9-20-7-10-21(11-8-20)32-17-16-30-4/h6-11,13,22-23,25-26H,12,14-18H2,1-5H3/b13-9+/t22-,23+,25-,26?,27-,28+/m1/s1. The fraction of sp³-hybridized carbons (Fsp3) is 0.607. The molecule has 6 atom stereocenters. The van der Waals surface area contributed by atoms with Gasteiger partial charge in [0.25, 0.3) is 0 Å². The molecule has 0 bridgehead atoms. The molecular formula is C28H38O7. The molecule has 1 unspecified atom stereocenters. The van der Waals surface area contributed by atoms with Crippen molar-refractivity contribution in [1.29, 1.82) is 0 Å². The highest BCUT2D eigenvalue weighted by Crippen LogP contribution is 2.59. The van der Waals surface area contributed by atoms with Gasteiger partial charge in [-0.2, -0.15) is 0 Å². The van der Waals surface area contributed by atoms with Crippen molar-refractivity contribution < 1.29 is 33.2 Å². The molecule has 0 aromatic heterocycles. The summed E-state index contributed by atoms with van der Waals surface area (Å²) in [5.41, 5.74) is 1.58. The quantitative estimate of drug-likeness (QED) is 0.151. The van der Waals surface area contributed by atoms with E-state index in [0.717, 1.165) is 24.2 Å². The Morgan fingerprint density at radius 3 is 2.54 bits per heavy atom. The molecule has 2 heterocycles. The molecule has 2 aliphatic heterocycles. The average Bonchev–Trinajstić information content (AvgIpc) is 3.75. The summed E-state index contributed by atoms with van der Waals surface area (Å²) in [7, 11) is 3.32. The van der Waals surface area contributed by atoms with Gasteiger partial charge in [0.05, 0.1) is 25.2 Å². The van der Waals surface area contributed by atoms with Gasteiger partial charge in [-0.25, -0.2) is 4.79 Å². The van der Waals surface area contributed by atoms with Crippen molar-refractivity contribution >= 4 is 12.0 Å². The number of carbonyl (C=O) groups is 1. The van der Waals surface area contributed by atoms with Gasteiger partial charge in [-0.05, 0) is 63.8 Å². The van der Waals surface area contributed by atoms with Gasteiger partial charge in [-0.3, -0.25) is 0 Å². The maximum absolute atomic E-state index is 12.7. The molecule has 0 amide bonds. The Labute approximate surface area is 208 Å². The zero-order chi connectivity index (χ0) is 25.1. The summed E-state index contributed by atoms with van der Waals surface area (Å²) in [4.78, 5) is 12.7. The molecule has 3 fully saturated rings. The zero-order valence-corrected chi connectivity index (χ0v) is 21.5. The second-order valence-corrected chi connectivity index (χ2v) is 10.1. The number of ether oxygens (including phenoxy) is 6. The van der Waals surface area contributed by atoms with Crippen LogP contribution in [0.15, 0.2) is 42.0 Å². The van der Waals surface area contributed by atoms with E-state index in [-0.39, 0.29) is 41.4 Å². The van der Waals surface area contributed by atoms with Gasteiger partial charge in [-0.15, -0.1) is 0 Å². The van der Waals surface area contributed by atoms with Crippen LogP contribution in [0.3, 0.4) is 0 Å². The Morgan fingerprint density at radius 2 is 1.91 bits per heavy atom. The minimum atomic E-state index is -0.383. The largest absolute Gasteiger partial charge is 0.491 e. The Morgan fingerprint density at radius 1 is 1.17 bits per heavy atom. The van der Waals surface area contributed by atoms with Gasteiger partial charge < -0.3 is 28.4 Å². The third-order valence-electron chi connectivity index (χ3n) is 7.35. The average molecular weight is 487 g/mol. The van der Waals surface area contributed by atoms with Crippen LogP contribution in [0.1, 0.15) is 45.6 Å². The van der Waals surface area contributed by atoms with E-state index in [9.17, 15) is 4.79 Å². The van der Waals surface area contributed by atoms with Crippen molar-refractivity contribution in [2.75, 3.05) is 34.0 Å². The summed E-state index contributed by atoms with van der Waals surface area (Å²) in [5.74, 6) is 0.386. The second-order valence-electron chi connectivity index (χ2n) is 10.1. The minimum absolute atomic E-state index is 0.0109. The summed E-state index contributed by atoms with van der Waals surface area (Å²) >= 11 is 0. The molecule has 2 saturated heterocycles. The van der Waals surface area contributed by atoms with Crippen molar-refractivity contribution in [2.24, 2.45) is 5.92 Å². The Balaban J connectivity index is 1.37. The molecule has 4 rings (SSSR count). The van der Waals surface area contributed by atoms with Crippen LogP contribution in [-0.2, 0) is 28.5 Å². The van der Waals surface area contributed by atoms with E-state index in [1.807, 2.05) is 24.3 Å². The van der Waals surface area contributed by atoms with Crippen LogP contribution in [0.25, 0.3) is 6.08 Å². The highest BCUT2D eigenvalue weighted by molar-refractivity contribution is 5.87. The van der Waals surface area contributed by atoms with Gasteiger partial charge in [0.1, 0.15) is 35.8 Å². The molecule has 7 nitrogen and oxygen atoms in total. The highest BCUT2D eigenvalue weighted by Gasteiger charge is 2.72. The first-order valence-electron chi connectivity index (χ1n) is 12.4. The van der Waals surface area contributed by atoms with Gasteiger partial charge in [0, 0.05) is 20.3 Å². The first kappa shape index (κ1) is 25.9.